The minimum atomic E-state index is -3.31. The Hall–Kier alpha value is -3.00. The SMILES string of the molecule is CS(=O)(=O)c1ccc(-c2cc(C(=O)NC3CC3)nn2-c2ccc(F)cc2)cc1. The van der Waals surface area contributed by atoms with Gasteiger partial charge in [0.2, 0.25) is 0 Å². The number of hydrogen-bond donors (Lipinski definition) is 1. The number of nitrogens with one attached hydrogen (secondary N) is 1. The molecule has 1 aliphatic rings. The second-order valence-corrected chi connectivity index (χ2v) is 8.86. The number of amides is 1. The smallest absolute Gasteiger partial charge is 0.272 e. The number of carbonyl (C=O) groups excluding carboxylic acids is 1. The van der Waals surface area contributed by atoms with Crippen LogP contribution in [0.4, 0.5) is 4.39 Å². The molecule has 4 rings (SSSR count). The maximum atomic E-state index is 13.3. The third-order valence-electron chi connectivity index (χ3n) is 4.50. The molecule has 0 unspecified atom stereocenters. The number of hydrogen-bond acceptors (Lipinski definition) is 4. The van der Waals surface area contributed by atoms with E-state index in [1.807, 2.05) is 0 Å². The fourth-order valence-electron chi connectivity index (χ4n) is 2.84. The Balaban J connectivity index is 1.78. The van der Waals surface area contributed by atoms with Gasteiger partial charge in [-0.3, -0.25) is 4.79 Å². The molecular weight excluding hydrogens is 381 g/mol. The molecule has 1 amide bonds. The van der Waals surface area contributed by atoms with Crippen molar-refractivity contribution in [1.82, 2.24) is 15.1 Å². The molecule has 1 saturated carbocycles. The summed E-state index contributed by atoms with van der Waals surface area (Å²) in [5, 5.41) is 7.30. The highest BCUT2D eigenvalue weighted by atomic mass is 32.2. The molecular formula is C20H18FN3O3S. The number of carbonyl (C=O) groups is 1. The monoisotopic (exact) mass is 399 g/mol. The van der Waals surface area contributed by atoms with Gasteiger partial charge in [-0.1, -0.05) is 12.1 Å². The average molecular weight is 399 g/mol. The van der Waals surface area contributed by atoms with Gasteiger partial charge in [0.25, 0.3) is 5.91 Å². The van der Waals surface area contributed by atoms with E-state index in [0.717, 1.165) is 19.1 Å². The first-order valence-corrected chi connectivity index (χ1v) is 10.7. The van der Waals surface area contributed by atoms with Crippen LogP contribution in [0.5, 0.6) is 0 Å². The van der Waals surface area contributed by atoms with Gasteiger partial charge in [0.15, 0.2) is 15.5 Å². The second kappa shape index (κ2) is 6.87. The van der Waals surface area contributed by atoms with Gasteiger partial charge < -0.3 is 5.32 Å². The van der Waals surface area contributed by atoms with E-state index >= 15 is 0 Å². The van der Waals surface area contributed by atoms with E-state index in [9.17, 15) is 17.6 Å². The Bertz CT molecular complexity index is 1130. The maximum Gasteiger partial charge on any atom is 0.272 e. The zero-order valence-corrected chi connectivity index (χ0v) is 15.9. The minimum Gasteiger partial charge on any atom is -0.348 e. The molecule has 0 aliphatic heterocycles. The van der Waals surface area contributed by atoms with E-state index in [-0.39, 0.29) is 28.4 Å². The number of aromatic nitrogens is 2. The van der Waals surface area contributed by atoms with Crippen molar-refractivity contribution in [2.75, 3.05) is 6.26 Å². The summed E-state index contributed by atoms with van der Waals surface area (Å²) >= 11 is 0. The molecule has 144 valence electrons. The third kappa shape index (κ3) is 3.82. The number of halogens is 1. The van der Waals surface area contributed by atoms with Crippen LogP contribution in [0.2, 0.25) is 0 Å². The summed E-state index contributed by atoms with van der Waals surface area (Å²) in [7, 11) is -3.31. The molecule has 0 saturated heterocycles. The van der Waals surface area contributed by atoms with E-state index in [1.54, 1.807) is 35.0 Å². The van der Waals surface area contributed by atoms with Gasteiger partial charge in [-0.2, -0.15) is 5.10 Å². The molecule has 6 nitrogen and oxygen atoms in total. The molecule has 0 atom stereocenters. The van der Waals surface area contributed by atoms with Crippen LogP contribution >= 0.6 is 0 Å². The molecule has 2 aromatic carbocycles. The fraction of sp³-hybridized carbons (Fsp3) is 0.200. The van der Waals surface area contributed by atoms with Crippen molar-refractivity contribution in [3.63, 3.8) is 0 Å². The van der Waals surface area contributed by atoms with Crippen molar-refractivity contribution < 1.29 is 17.6 Å². The summed E-state index contributed by atoms with van der Waals surface area (Å²) in [5.74, 6) is -0.640. The largest absolute Gasteiger partial charge is 0.348 e. The zero-order chi connectivity index (χ0) is 19.9. The molecule has 0 bridgehead atoms. The standard InChI is InChI=1S/C20H18FN3O3S/c1-28(26,27)17-10-2-13(3-11-17)19-12-18(20(25)22-15-6-7-15)23-24(19)16-8-4-14(21)5-9-16/h2-5,8-12,15H,6-7H2,1H3,(H,22,25). The van der Waals surface area contributed by atoms with Crippen molar-refractivity contribution >= 4 is 15.7 Å². The van der Waals surface area contributed by atoms with Crippen LogP contribution in [0.1, 0.15) is 23.3 Å². The Morgan fingerprint density at radius 3 is 2.32 bits per heavy atom. The predicted octanol–water partition coefficient (Wildman–Crippen LogP) is 2.97. The molecule has 0 spiro atoms. The molecule has 1 heterocycles. The van der Waals surface area contributed by atoms with Crippen LogP contribution in [0.3, 0.4) is 0 Å². The Labute approximate surface area is 161 Å². The molecule has 0 radical (unpaired) electrons. The summed E-state index contributed by atoms with van der Waals surface area (Å²) in [5.41, 5.74) is 2.13. The Morgan fingerprint density at radius 2 is 1.75 bits per heavy atom. The predicted molar refractivity (Wildman–Crippen MR) is 103 cm³/mol. The number of rotatable bonds is 5. The zero-order valence-electron chi connectivity index (χ0n) is 15.1. The lowest BCUT2D eigenvalue weighted by molar-refractivity contribution is 0.0945. The van der Waals surface area contributed by atoms with Crippen LogP contribution in [0, 0.1) is 5.82 Å². The molecule has 1 fully saturated rings. The van der Waals surface area contributed by atoms with Crippen LogP contribution in [0.15, 0.2) is 59.5 Å². The highest BCUT2D eigenvalue weighted by molar-refractivity contribution is 7.90. The van der Waals surface area contributed by atoms with Gasteiger partial charge in [0, 0.05) is 17.9 Å². The molecule has 3 aromatic rings. The lowest BCUT2D eigenvalue weighted by atomic mass is 10.1. The second-order valence-electron chi connectivity index (χ2n) is 6.85. The molecule has 1 N–H and O–H groups in total. The van der Waals surface area contributed by atoms with Crippen molar-refractivity contribution in [2.45, 2.75) is 23.8 Å². The lowest BCUT2D eigenvalue weighted by Crippen LogP contribution is -2.25. The van der Waals surface area contributed by atoms with Crippen LogP contribution in [0.25, 0.3) is 16.9 Å². The van der Waals surface area contributed by atoms with Gasteiger partial charge in [-0.15, -0.1) is 0 Å². The number of benzene rings is 2. The van der Waals surface area contributed by atoms with Crippen molar-refractivity contribution in [2.24, 2.45) is 0 Å². The Morgan fingerprint density at radius 1 is 1.11 bits per heavy atom. The van der Waals surface area contributed by atoms with Gasteiger partial charge in [-0.25, -0.2) is 17.5 Å². The first kappa shape index (κ1) is 18.4. The highest BCUT2D eigenvalue weighted by Crippen LogP contribution is 2.26. The summed E-state index contributed by atoms with van der Waals surface area (Å²) in [4.78, 5) is 12.6. The molecule has 8 heteroatoms. The summed E-state index contributed by atoms with van der Waals surface area (Å²) in [6, 6.07) is 14.0. The normalized spacial score (nSPS) is 14.1. The van der Waals surface area contributed by atoms with Crippen molar-refractivity contribution in [3.8, 4) is 16.9 Å². The van der Waals surface area contributed by atoms with Gasteiger partial charge in [0.1, 0.15) is 5.82 Å². The topological polar surface area (TPSA) is 81.1 Å². The van der Waals surface area contributed by atoms with Crippen molar-refractivity contribution in [3.05, 3.63) is 66.1 Å². The summed E-state index contributed by atoms with van der Waals surface area (Å²) < 4.78 is 38.3. The van der Waals surface area contributed by atoms with Gasteiger partial charge >= 0.3 is 0 Å². The third-order valence-corrected chi connectivity index (χ3v) is 5.63. The highest BCUT2D eigenvalue weighted by Gasteiger charge is 2.26. The van der Waals surface area contributed by atoms with Crippen LogP contribution < -0.4 is 5.32 Å². The summed E-state index contributed by atoms with van der Waals surface area (Å²) in [6.45, 7) is 0. The number of nitrogens with zero attached hydrogens (tertiary/aromatic N) is 2. The maximum absolute atomic E-state index is 13.3. The van der Waals surface area contributed by atoms with Gasteiger partial charge in [-0.05, 0) is 55.3 Å². The van der Waals surface area contributed by atoms with E-state index in [2.05, 4.69) is 10.4 Å². The first-order valence-electron chi connectivity index (χ1n) is 8.78. The molecule has 28 heavy (non-hydrogen) atoms. The molecule has 1 aromatic heterocycles. The lowest BCUT2D eigenvalue weighted by Gasteiger charge is -2.08. The van der Waals surface area contributed by atoms with E-state index in [1.165, 1.54) is 24.3 Å². The Kier molecular flexibility index (Phi) is 4.50. The molecule has 1 aliphatic carbocycles. The van der Waals surface area contributed by atoms with Crippen LogP contribution in [-0.4, -0.2) is 36.4 Å². The average Bonchev–Trinajstić information content (AvgIpc) is 3.36. The van der Waals surface area contributed by atoms with E-state index in [0.29, 0.717) is 16.9 Å². The fourth-order valence-corrected chi connectivity index (χ4v) is 3.47. The first-order chi connectivity index (χ1) is 13.3. The van der Waals surface area contributed by atoms with Crippen LogP contribution in [-0.2, 0) is 9.84 Å². The number of sulfone groups is 1. The quantitative estimate of drug-likeness (QED) is 0.715. The van der Waals surface area contributed by atoms with Crippen molar-refractivity contribution in [1.29, 1.82) is 0 Å². The van der Waals surface area contributed by atoms with E-state index in [4.69, 9.17) is 0 Å². The van der Waals surface area contributed by atoms with E-state index < -0.39 is 9.84 Å². The van der Waals surface area contributed by atoms with Gasteiger partial charge in [0.05, 0.1) is 16.3 Å². The minimum absolute atomic E-state index is 0.195. The summed E-state index contributed by atoms with van der Waals surface area (Å²) in [6.07, 6.45) is 3.07.